The van der Waals surface area contributed by atoms with E-state index in [0.717, 1.165) is 37.6 Å². The summed E-state index contributed by atoms with van der Waals surface area (Å²) in [5, 5.41) is 0. The molecule has 0 atom stereocenters. The quantitative estimate of drug-likeness (QED) is 0.318. The summed E-state index contributed by atoms with van der Waals surface area (Å²) in [6.07, 6.45) is 7.54. The molecule has 0 spiro atoms. The van der Waals surface area contributed by atoms with Gasteiger partial charge in [0.05, 0.1) is 0 Å². The maximum Gasteiger partial charge on any atom is 0.296 e. The molecule has 2 aromatic carbocycles. The van der Waals surface area contributed by atoms with Crippen molar-refractivity contribution in [2.24, 2.45) is 0 Å². The molecule has 39 heavy (non-hydrogen) atoms. The molecule has 10 heteroatoms. The van der Waals surface area contributed by atoms with Gasteiger partial charge >= 0.3 is 0 Å². The molecule has 0 bridgehead atoms. The van der Waals surface area contributed by atoms with E-state index in [1.807, 2.05) is 48.6 Å². The highest BCUT2D eigenvalue weighted by atomic mass is 32.2. The zero-order valence-electron chi connectivity index (χ0n) is 23.3. The predicted octanol–water partition coefficient (Wildman–Crippen LogP) is 5.06. The Bertz CT molecular complexity index is 1570. The van der Waals surface area contributed by atoms with Crippen molar-refractivity contribution in [3.05, 3.63) is 82.5 Å². The fourth-order valence-electron chi connectivity index (χ4n) is 5.12. The minimum Gasteiger partial charge on any atom is -0.372 e. The lowest BCUT2D eigenvalue weighted by Gasteiger charge is -2.23. The minimum atomic E-state index is -5.09. The Morgan fingerprint density at radius 3 is 1.72 bits per heavy atom. The van der Waals surface area contributed by atoms with E-state index in [2.05, 4.69) is 37.2 Å². The van der Waals surface area contributed by atoms with Crippen molar-refractivity contribution in [3.8, 4) is 0 Å². The van der Waals surface area contributed by atoms with Gasteiger partial charge in [0.15, 0.2) is 5.71 Å². The first-order chi connectivity index (χ1) is 18.3. The van der Waals surface area contributed by atoms with Gasteiger partial charge in [-0.2, -0.15) is 16.8 Å². The smallest absolute Gasteiger partial charge is 0.296 e. The lowest BCUT2D eigenvalue weighted by molar-refractivity contribution is -0.519. The fourth-order valence-corrected chi connectivity index (χ4v) is 7.47. The van der Waals surface area contributed by atoms with Crippen molar-refractivity contribution in [1.82, 2.24) is 0 Å². The van der Waals surface area contributed by atoms with E-state index in [4.69, 9.17) is 0 Å². The van der Waals surface area contributed by atoms with Crippen LogP contribution in [0.25, 0.3) is 5.57 Å². The van der Waals surface area contributed by atoms with Crippen molar-refractivity contribution in [2.75, 3.05) is 31.1 Å². The zero-order valence-corrected chi connectivity index (χ0v) is 24.9. The van der Waals surface area contributed by atoms with Crippen LogP contribution in [-0.2, 0) is 20.2 Å². The van der Waals surface area contributed by atoms with E-state index in [1.54, 1.807) is 6.92 Å². The Balaban J connectivity index is 2.49. The second-order valence-electron chi connectivity index (χ2n) is 9.31. The molecule has 210 valence electrons. The highest BCUT2D eigenvalue weighted by Gasteiger charge is 2.33. The molecule has 0 radical (unpaired) electrons. The van der Waals surface area contributed by atoms with E-state index >= 15 is 0 Å². The molecule has 2 N–H and O–H groups in total. The van der Waals surface area contributed by atoms with Crippen LogP contribution in [0, 0.1) is 13.8 Å². The number of nitrogens with zero attached hydrogens (tertiary/aromatic N) is 2. The Labute approximate surface area is 232 Å². The normalized spacial score (nSPS) is 13.6. The first-order valence-corrected chi connectivity index (χ1v) is 15.8. The topological polar surface area (TPSA) is 115 Å². The molecule has 2 aromatic rings. The molecule has 3 rings (SSSR count). The fraction of sp³-hybridized carbons (Fsp3) is 0.345. The van der Waals surface area contributed by atoms with Crippen molar-refractivity contribution in [1.29, 1.82) is 0 Å². The SMILES string of the molecule is CCN(CC)c1ccc(C(=C2C=CC(=[N+](CC)CC)C=C2)c2c(C)cc(C)c(S(=O)(=O)O)c2S(=O)(=O)O)cc1. The summed E-state index contributed by atoms with van der Waals surface area (Å²) in [6, 6.07) is 9.05. The van der Waals surface area contributed by atoms with Crippen LogP contribution < -0.4 is 4.90 Å². The number of allylic oxidation sites excluding steroid dienone is 5. The number of benzene rings is 2. The Morgan fingerprint density at radius 2 is 1.28 bits per heavy atom. The number of hydrogen-bond donors (Lipinski definition) is 2. The zero-order chi connectivity index (χ0) is 29.1. The lowest BCUT2D eigenvalue weighted by Crippen LogP contribution is -2.21. The van der Waals surface area contributed by atoms with Crippen LogP contribution in [-0.4, -0.2) is 62.4 Å². The Hall–Kier alpha value is -3.05. The van der Waals surface area contributed by atoms with Gasteiger partial charge in [0, 0.05) is 36.5 Å². The second-order valence-corrected chi connectivity index (χ2v) is 12.0. The molecule has 0 saturated carbocycles. The third-order valence-electron chi connectivity index (χ3n) is 6.95. The summed E-state index contributed by atoms with van der Waals surface area (Å²) in [6.45, 7) is 14.5. The molecule has 0 unspecified atom stereocenters. The van der Waals surface area contributed by atoms with E-state index < -0.39 is 30.0 Å². The molecule has 1 aliphatic carbocycles. The number of rotatable bonds is 9. The maximum absolute atomic E-state index is 12.8. The number of hydrogen-bond acceptors (Lipinski definition) is 5. The first-order valence-electron chi connectivity index (χ1n) is 13.0. The molecule has 0 fully saturated rings. The summed E-state index contributed by atoms with van der Waals surface area (Å²) in [5.74, 6) is 0. The van der Waals surface area contributed by atoms with Crippen LogP contribution in [0.2, 0.25) is 0 Å². The minimum absolute atomic E-state index is 0.0134. The Kier molecular flexibility index (Phi) is 9.38. The molecular formula is C29H37N2O6S2+. The highest BCUT2D eigenvalue weighted by Crippen LogP contribution is 2.40. The summed E-state index contributed by atoms with van der Waals surface area (Å²) in [4.78, 5) is 0.500. The standard InChI is InChI=1S/C29H36N2O6S2/c1-7-30(8-2)24-15-11-22(12-16-24)27(23-13-17-25(18-14-23)31(9-3)10-4)26-20(5)19-21(6)28(38(32,33)34)29(26)39(35,36)37/h11-19H,7-10H2,1-6H3,(H-,32,33,34,35,36,37)/p+1. The van der Waals surface area contributed by atoms with Crippen LogP contribution in [0.4, 0.5) is 5.69 Å². The van der Waals surface area contributed by atoms with Gasteiger partial charge < -0.3 is 4.90 Å². The van der Waals surface area contributed by atoms with Gasteiger partial charge in [0.25, 0.3) is 20.2 Å². The number of aryl methyl sites for hydroxylation is 2. The summed E-state index contributed by atoms with van der Waals surface area (Å²) < 4.78 is 72.9. The van der Waals surface area contributed by atoms with Gasteiger partial charge in [-0.05, 0) is 93.7 Å². The van der Waals surface area contributed by atoms with E-state index in [1.165, 1.54) is 13.0 Å². The largest absolute Gasteiger partial charge is 0.372 e. The van der Waals surface area contributed by atoms with Crippen LogP contribution in [0.3, 0.4) is 0 Å². The molecule has 0 amide bonds. The second kappa shape index (κ2) is 12.0. The maximum atomic E-state index is 12.8. The van der Waals surface area contributed by atoms with Crippen molar-refractivity contribution >= 4 is 37.2 Å². The van der Waals surface area contributed by atoms with Gasteiger partial charge in [0.1, 0.15) is 22.9 Å². The van der Waals surface area contributed by atoms with Crippen molar-refractivity contribution < 1.29 is 30.5 Å². The third-order valence-corrected chi connectivity index (χ3v) is 9.05. The van der Waals surface area contributed by atoms with E-state index in [0.29, 0.717) is 22.3 Å². The predicted molar refractivity (Wildman–Crippen MR) is 156 cm³/mol. The van der Waals surface area contributed by atoms with E-state index in [-0.39, 0.29) is 11.1 Å². The third kappa shape index (κ3) is 6.41. The lowest BCUT2D eigenvalue weighted by atomic mass is 9.87. The van der Waals surface area contributed by atoms with Crippen molar-refractivity contribution in [3.63, 3.8) is 0 Å². The molecule has 0 aliphatic heterocycles. The van der Waals surface area contributed by atoms with Gasteiger partial charge in [0.2, 0.25) is 0 Å². The Morgan fingerprint density at radius 1 is 0.769 bits per heavy atom. The molecule has 8 nitrogen and oxygen atoms in total. The summed E-state index contributed by atoms with van der Waals surface area (Å²) in [7, 11) is -10.1. The van der Waals surface area contributed by atoms with Crippen LogP contribution >= 0.6 is 0 Å². The van der Waals surface area contributed by atoms with Crippen molar-refractivity contribution in [2.45, 2.75) is 51.3 Å². The van der Waals surface area contributed by atoms with Gasteiger partial charge in [-0.25, -0.2) is 4.58 Å². The highest BCUT2D eigenvalue weighted by molar-refractivity contribution is 7.89. The van der Waals surface area contributed by atoms with Gasteiger partial charge in [-0.1, -0.05) is 18.2 Å². The van der Waals surface area contributed by atoms with Crippen LogP contribution in [0.15, 0.2) is 70.0 Å². The monoisotopic (exact) mass is 573 g/mol. The van der Waals surface area contributed by atoms with Crippen LogP contribution in [0.1, 0.15) is 49.9 Å². The van der Waals surface area contributed by atoms with Crippen LogP contribution in [0.5, 0.6) is 0 Å². The average molecular weight is 574 g/mol. The van der Waals surface area contributed by atoms with E-state index in [9.17, 15) is 25.9 Å². The molecule has 0 saturated heterocycles. The summed E-state index contributed by atoms with van der Waals surface area (Å²) in [5.41, 5.74) is 4.09. The number of anilines is 1. The average Bonchev–Trinajstić information content (AvgIpc) is 2.87. The molecule has 0 aromatic heterocycles. The van der Waals surface area contributed by atoms with Gasteiger partial charge in [-0.15, -0.1) is 0 Å². The van der Waals surface area contributed by atoms with Gasteiger partial charge in [-0.3, -0.25) is 9.11 Å². The molecular weight excluding hydrogens is 536 g/mol. The summed E-state index contributed by atoms with van der Waals surface area (Å²) >= 11 is 0. The molecule has 1 aliphatic rings. The molecule has 0 heterocycles. The first kappa shape index (κ1) is 30.5.